The van der Waals surface area contributed by atoms with Crippen molar-refractivity contribution in [2.24, 2.45) is 0 Å². The zero-order valence-electron chi connectivity index (χ0n) is 6.92. The van der Waals surface area contributed by atoms with Crippen LogP contribution in [0, 0.1) is 0 Å². The van der Waals surface area contributed by atoms with Gasteiger partial charge in [0.1, 0.15) is 0 Å². The lowest BCUT2D eigenvalue weighted by atomic mass is 10.2. The SMILES string of the molecule is C=CCOCCCCC1CO1. The Balaban J connectivity index is 1.69. The van der Waals surface area contributed by atoms with Crippen LogP contribution in [0.15, 0.2) is 12.7 Å². The van der Waals surface area contributed by atoms with Gasteiger partial charge in [-0.25, -0.2) is 0 Å². The molecule has 1 unspecified atom stereocenters. The van der Waals surface area contributed by atoms with Crippen molar-refractivity contribution >= 4 is 0 Å². The molecule has 64 valence electrons. The van der Waals surface area contributed by atoms with E-state index in [1.54, 1.807) is 6.08 Å². The fraction of sp³-hybridized carbons (Fsp3) is 0.778. The van der Waals surface area contributed by atoms with E-state index in [0.717, 1.165) is 19.6 Å². The standard InChI is InChI=1S/C9H16O2/c1-2-6-10-7-4-3-5-9-8-11-9/h2,9H,1,3-8H2. The molecule has 1 aliphatic rings. The van der Waals surface area contributed by atoms with Gasteiger partial charge >= 0.3 is 0 Å². The fourth-order valence-corrected chi connectivity index (χ4v) is 0.978. The molecule has 2 heteroatoms. The van der Waals surface area contributed by atoms with Gasteiger partial charge in [0.25, 0.3) is 0 Å². The van der Waals surface area contributed by atoms with Gasteiger partial charge in [0.2, 0.25) is 0 Å². The predicted octanol–water partition coefficient (Wildman–Crippen LogP) is 1.76. The first-order valence-electron chi connectivity index (χ1n) is 4.23. The van der Waals surface area contributed by atoms with E-state index in [4.69, 9.17) is 9.47 Å². The first kappa shape index (κ1) is 8.75. The summed E-state index contributed by atoms with van der Waals surface area (Å²) in [4.78, 5) is 0. The zero-order chi connectivity index (χ0) is 7.94. The van der Waals surface area contributed by atoms with E-state index in [2.05, 4.69) is 6.58 Å². The summed E-state index contributed by atoms with van der Waals surface area (Å²) in [6.45, 7) is 6.09. The van der Waals surface area contributed by atoms with Crippen LogP contribution in [0.2, 0.25) is 0 Å². The summed E-state index contributed by atoms with van der Waals surface area (Å²) in [6, 6.07) is 0. The monoisotopic (exact) mass is 156 g/mol. The summed E-state index contributed by atoms with van der Waals surface area (Å²) in [5.41, 5.74) is 0. The van der Waals surface area contributed by atoms with E-state index >= 15 is 0 Å². The highest BCUT2D eigenvalue weighted by Crippen LogP contribution is 2.16. The molecule has 1 heterocycles. The molecule has 0 bridgehead atoms. The average Bonchev–Trinajstić information content (AvgIpc) is 2.80. The molecule has 0 aromatic heterocycles. The van der Waals surface area contributed by atoms with Crippen LogP contribution in [0.1, 0.15) is 19.3 Å². The Morgan fingerprint density at radius 3 is 3.00 bits per heavy atom. The normalized spacial score (nSPS) is 21.6. The summed E-state index contributed by atoms with van der Waals surface area (Å²) in [6.07, 6.45) is 5.94. The van der Waals surface area contributed by atoms with Crippen LogP contribution in [-0.4, -0.2) is 25.9 Å². The van der Waals surface area contributed by atoms with Gasteiger partial charge in [-0.15, -0.1) is 6.58 Å². The maximum Gasteiger partial charge on any atom is 0.0810 e. The molecule has 1 aliphatic heterocycles. The number of epoxide rings is 1. The van der Waals surface area contributed by atoms with Gasteiger partial charge in [-0.2, -0.15) is 0 Å². The molecule has 0 radical (unpaired) electrons. The fourth-order valence-electron chi connectivity index (χ4n) is 0.978. The quantitative estimate of drug-likeness (QED) is 0.318. The molecule has 0 spiro atoms. The molecule has 1 rings (SSSR count). The van der Waals surface area contributed by atoms with E-state index in [1.165, 1.54) is 12.8 Å². The minimum Gasteiger partial charge on any atom is -0.377 e. The minimum absolute atomic E-state index is 0.578. The third-order valence-electron chi connectivity index (χ3n) is 1.70. The van der Waals surface area contributed by atoms with Crippen molar-refractivity contribution < 1.29 is 9.47 Å². The van der Waals surface area contributed by atoms with Gasteiger partial charge in [-0.1, -0.05) is 6.08 Å². The lowest BCUT2D eigenvalue weighted by molar-refractivity contribution is 0.156. The van der Waals surface area contributed by atoms with Crippen molar-refractivity contribution in [1.29, 1.82) is 0 Å². The smallest absolute Gasteiger partial charge is 0.0810 e. The molecule has 1 saturated heterocycles. The van der Waals surface area contributed by atoms with Crippen molar-refractivity contribution in [1.82, 2.24) is 0 Å². The Labute approximate surface area is 68.2 Å². The van der Waals surface area contributed by atoms with E-state index in [9.17, 15) is 0 Å². The van der Waals surface area contributed by atoms with Crippen LogP contribution in [0.3, 0.4) is 0 Å². The molecule has 0 saturated carbocycles. The Hall–Kier alpha value is -0.340. The number of ether oxygens (including phenoxy) is 2. The first-order valence-corrected chi connectivity index (χ1v) is 4.23. The van der Waals surface area contributed by atoms with Crippen molar-refractivity contribution in [2.45, 2.75) is 25.4 Å². The van der Waals surface area contributed by atoms with E-state index in [-0.39, 0.29) is 0 Å². The molecular formula is C9H16O2. The third kappa shape index (κ3) is 4.99. The van der Waals surface area contributed by atoms with Gasteiger partial charge in [-0.05, 0) is 19.3 Å². The molecular weight excluding hydrogens is 140 g/mol. The highest BCUT2D eigenvalue weighted by atomic mass is 16.6. The molecule has 11 heavy (non-hydrogen) atoms. The Bertz CT molecular complexity index is 108. The summed E-state index contributed by atoms with van der Waals surface area (Å²) < 4.78 is 10.3. The molecule has 0 N–H and O–H groups in total. The molecule has 0 aromatic carbocycles. The van der Waals surface area contributed by atoms with Crippen LogP contribution in [0.4, 0.5) is 0 Å². The second-order valence-corrected chi connectivity index (χ2v) is 2.81. The van der Waals surface area contributed by atoms with Crippen LogP contribution in [0.25, 0.3) is 0 Å². The molecule has 0 aliphatic carbocycles. The number of hydrogen-bond acceptors (Lipinski definition) is 2. The summed E-state index contributed by atoms with van der Waals surface area (Å²) in [5, 5.41) is 0. The lowest BCUT2D eigenvalue weighted by Gasteiger charge is -1.99. The summed E-state index contributed by atoms with van der Waals surface area (Å²) >= 11 is 0. The second-order valence-electron chi connectivity index (χ2n) is 2.81. The maximum atomic E-state index is 5.23. The summed E-state index contributed by atoms with van der Waals surface area (Å²) in [5.74, 6) is 0. The Morgan fingerprint density at radius 2 is 2.36 bits per heavy atom. The van der Waals surface area contributed by atoms with E-state index in [0.29, 0.717) is 12.7 Å². The van der Waals surface area contributed by atoms with Crippen molar-refractivity contribution in [2.75, 3.05) is 19.8 Å². The topological polar surface area (TPSA) is 21.8 Å². The van der Waals surface area contributed by atoms with Crippen molar-refractivity contribution in [3.05, 3.63) is 12.7 Å². The Morgan fingerprint density at radius 1 is 1.55 bits per heavy atom. The van der Waals surface area contributed by atoms with Gasteiger partial charge in [0.15, 0.2) is 0 Å². The summed E-state index contributed by atoms with van der Waals surface area (Å²) in [7, 11) is 0. The third-order valence-corrected chi connectivity index (χ3v) is 1.70. The van der Waals surface area contributed by atoms with Crippen LogP contribution in [-0.2, 0) is 9.47 Å². The highest BCUT2D eigenvalue weighted by Gasteiger charge is 2.20. The van der Waals surface area contributed by atoms with Crippen molar-refractivity contribution in [3.63, 3.8) is 0 Å². The van der Waals surface area contributed by atoms with Crippen molar-refractivity contribution in [3.8, 4) is 0 Å². The number of rotatable bonds is 7. The molecule has 2 nitrogen and oxygen atoms in total. The average molecular weight is 156 g/mol. The van der Waals surface area contributed by atoms with Gasteiger partial charge in [0, 0.05) is 6.61 Å². The lowest BCUT2D eigenvalue weighted by Crippen LogP contribution is -1.95. The van der Waals surface area contributed by atoms with E-state index in [1.807, 2.05) is 0 Å². The number of hydrogen-bond donors (Lipinski definition) is 0. The van der Waals surface area contributed by atoms with E-state index < -0.39 is 0 Å². The molecule has 1 atom stereocenters. The largest absolute Gasteiger partial charge is 0.377 e. The zero-order valence-corrected chi connectivity index (χ0v) is 6.92. The first-order chi connectivity index (χ1) is 5.43. The van der Waals surface area contributed by atoms with Gasteiger partial charge in [0.05, 0.1) is 19.3 Å². The predicted molar refractivity (Wildman–Crippen MR) is 44.6 cm³/mol. The minimum atomic E-state index is 0.578. The van der Waals surface area contributed by atoms with Crippen LogP contribution in [0.5, 0.6) is 0 Å². The Kier molecular flexibility index (Phi) is 4.24. The number of unbranched alkanes of at least 4 members (excludes halogenated alkanes) is 1. The molecule has 0 aromatic rings. The maximum absolute atomic E-state index is 5.23. The highest BCUT2D eigenvalue weighted by molar-refractivity contribution is 4.68. The second kappa shape index (κ2) is 5.33. The molecule has 0 amide bonds. The van der Waals surface area contributed by atoms with Gasteiger partial charge < -0.3 is 9.47 Å². The van der Waals surface area contributed by atoms with Crippen LogP contribution >= 0.6 is 0 Å². The molecule has 1 fully saturated rings. The van der Waals surface area contributed by atoms with Crippen LogP contribution < -0.4 is 0 Å². The van der Waals surface area contributed by atoms with Gasteiger partial charge in [-0.3, -0.25) is 0 Å².